The number of rotatable bonds is 2. The molecule has 0 saturated carbocycles. The molecule has 21 heavy (non-hydrogen) atoms. The van der Waals surface area contributed by atoms with Crippen LogP contribution in [0.2, 0.25) is 0 Å². The lowest BCUT2D eigenvalue weighted by Crippen LogP contribution is -2.27. The molecule has 2 aromatic rings. The number of aromatic nitrogens is 2. The zero-order valence-corrected chi connectivity index (χ0v) is 12.7. The van der Waals surface area contributed by atoms with Gasteiger partial charge >= 0.3 is 6.09 Å². The van der Waals surface area contributed by atoms with Gasteiger partial charge in [0.1, 0.15) is 10.6 Å². The third-order valence-corrected chi connectivity index (χ3v) is 3.16. The number of nitrogens with one attached hydrogen (secondary N) is 1. The number of carbonyl (C=O) groups is 1. The van der Waals surface area contributed by atoms with E-state index in [0.29, 0.717) is 15.7 Å². The first-order valence-corrected chi connectivity index (χ1v) is 7.03. The Labute approximate surface area is 126 Å². The van der Waals surface area contributed by atoms with Crippen molar-refractivity contribution >= 4 is 22.6 Å². The largest absolute Gasteiger partial charge is 0.444 e. The second-order valence-electron chi connectivity index (χ2n) is 5.23. The number of nitriles is 1. The molecular weight excluding hydrogens is 288 g/mol. The number of nitrogens with zero attached hydrogens (tertiary/aromatic N) is 3. The van der Waals surface area contributed by atoms with E-state index < -0.39 is 11.7 Å². The lowest BCUT2D eigenvalue weighted by atomic mass is 10.1. The van der Waals surface area contributed by atoms with E-state index in [2.05, 4.69) is 21.6 Å². The van der Waals surface area contributed by atoms with Crippen molar-refractivity contribution in [2.75, 3.05) is 5.32 Å². The highest BCUT2D eigenvalue weighted by atomic mass is 32.1. The summed E-state index contributed by atoms with van der Waals surface area (Å²) in [6.07, 6.45) is -0.573. The molecule has 0 spiro atoms. The molecule has 0 unspecified atom stereocenters. The Morgan fingerprint density at radius 3 is 2.81 bits per heavy atom. The van der Waals surface area contributed by atoms with Crippen LogP contribution in [0, 0.1) is 11.3 Å². The zero-order valence-electron chi connectivity index (χ0n) is 11.9. The van der Waals surface area contributed by atoms with E-state index in [4.69, 9.17) is 10.00 Å². The molecule has 0 atom stereocenters. The van der Waals surface area contributed by atoms with E-state index in [-0.39, 0.29) is 0 Å². The molecule has 1 aromatic carbocycles. The number of benzene rings is 1. The van der Waals surface area contributed by atoms with Gasteiger partial charge in [0.05, 0.1) is 11.6 Å². The van der Waals surface area contributed by atoms with E-state index in [1.165, 1.54) is 11.3 Å². The van der Waals surface area contributed by atoms with Crippen molar-refractivity contribution in [3.05, 3.63) is 29.8 Å². The highest BCUT2D eigenvalue weighted by molar-refractivity contribution is 7.18. The van der Waals surface area contributed by atoms with Crippen LogP contribution < -0.4 is 5.32 Å². The topological polar surface area (TPSA) is 87.9 Å². The highest BCUT2D eigenvalue weighted by Crippen LogP contribution is 2.27. The van der Waals surface area contributed by atoms with Crippen LogP contribution in [0.5, 0.6) is 0 Å². The van der Waals surface area contributed by atoms with Gasteiger partial charge in [0, 0.05) is 5.56 Å². The quantitative estimate of drug-likeness (QED) is 0.918. The Bertz CT molecular complexity index is 697. The van der Waals surface area contributed by atoms with Crippen LogP contribution in [0.15, 0.2) is 24.3 Å². The van der Waals surface area contributed by atoms with Crippen molar-refractivity contribution in [3.63, 3.8) is 0 Å². The SMILES string of the molecule is CC(C)(C)OC(=O)Nc1nnc(-c2cccc(C#N)c2)s1. The van der Waals surface area contributed by atoms with Crippen molar-refractivity contribution in [2.24, 2.45) is 0 Å². The number of ether oxygens (including phenoxy) is 1. The lowest BCUT2D eigenvalue weighted by Gasteiger charge is -2.18. The molecule has 1 N–H and O–H groups in total. The van der Waals surface area contributed by atoms with Gasteiger partial charge in [0.25, 0.3) is 0 Å². The average Bonchev–Trinajstić information content (AvgIpc) is 2.85. The van der Waals surface area contributed by atoms with Gasteiger partial charge in [-0.25, -0.2) is 4.79 Å². The van der Waals surface area contributed by atoms with Crippen molar-refractivity contribution < 1.29 is 9.53 Å². The first-order valence-electron chi connectivity index (χ1n) is 6.21. The van der Waals surface area contributed by atoms with Crippen molar-refractivity contribution in [1.82, 2.24) is 10.2 Å². The monoisotopic (exact) mass is 302 g/mol. The molecule has 6 nitrogen and oxygen atoms in total. The molecule has 0 aliphatic carbocycles. The molecule has 1 amide bonds. The van der Waals surface area contributed by atoms with Gasteiger partial charge in [-0.05, 0) is 32.9 Å². The van der Waals surface area contributed by atoms with Gasteiger partial charge in [-0.1, -0.05) is 23.5 Å². The van der Waals surface area contributed by atoms with E-state index >= 15 is 0 Å². The molecule has 1 heterocycles. The summed E-state index contributed by atoms with van der Waals surface area (Å²) in [6.45, 7) is 5.35. The smallest absolute Gasteiger partial charge is 0.414 e. The summed E-state index contributed by atoms with van der Waals surface area (Å²) >= 11 is 1.22. The number of anilines is 1. The Morgan fingerprint density at radius 1 is 1.38 bits per heavy atom. The molecule has 0 fully saturated rings. The highest BCUT2D eigenvalue weighted by Gasteiger charge is 2.17. The maximum Gasteiger partial charge on any atom is 0.414 e. The Hall–Kier alpha value is -2.46. The normalized spacial score (nSPS) is 10.8. The third-order valence-electron chi connectivity index (χ3n) is 2.27. The molecule has 0 aliphatic heterocycles. The fraction of sp³-hybridized carbons (Fsp3) is 0.286. The minimum atomic E-state index is -0.573. The van der Waals surface area contributed by atoms with Crippen molar-refractivity contribution in [1.29, 1.82) is 5.26 Å². The molecule has 7 heteroatoms. The van der Waals surface area contributed by atoms with Gasteiger partial charge in [-0.2, -0.15) is 5.26 Å². The minimum absolute atomic E-state index is 0.349. The van der Waals surface area contributed by atoms with E-state index in [9.17, 15) is 4.79 Å². The number of carbonyl (C=O) groups excluding carboxylic acids is 1. The second kappa shape index (κ2) is 5.89. The Morgan fingerprint density at radius 2 is 2.14 bits per heavy atom. The molecule has 0 saturated heterocycles. The summed E-state index contributed by atoms with van der Waals surface area (Å²) in [7, 11) is 0. The van der Waals surface area contributed by atoms with Crippen LogP contribution in [0.4, 0.5) is 9.93 Å². The van der Waals surface area contributed by atoms with E-state index in [0.717, 1.165) is 5.56 Å². The molecular formula is C14H14N4O2S. The summed E-state index contributed by atoms with van der Waals surface area (Å²) in [4.78, 5) is 11.6. The van der Waals surface area contributed by atoms with Crippen LogP contribution in [0.1, 0.15) is 26.3 Å². The third kappa shape index (κ3) is 4.26. The summed E-state index contributed by atoms with van der Waals surface area (Å²) < 4.78 is 5.14. The predicted octanol–water partition coefficient (Wildman–Crippen LogP) is 3.42. The molecule has 108 valence electrons. The van der Waals surface area contributed by atoms with Gasteiger partial charge in [0.15, 0.2) is 0 Å². The standard InChI is InChI=1S/C14H14N4O2S/c1-14(2,3)20-13(19)16-12-18-17-11(21-12)10-6-4-5-9(7-10)8-15/h4-7H,1-3H3,(H,16,18,19). The summed E-state index contributed by atoms with van der Waals surface area (Å²) in [5.41, 5.74) is 0.756. The Kier molecular flexibility index (Phi) is 4.19. The van der Waals surface area contributed by atoms with Crippen LogP contribution in [-0.4, -0.2) is 21.9 Å². The average molecular weight is 302 g/mol. The zero-order chi connectivity index (χ0) is 15.5. The number of hydrogen-bond acceptors (Lipinski definition) is 6. The Balaban J connectivity index is 2.11. The summed E-state index contributed by atoms with van der Waals surface area (Å²) in [5, 5.41) is 20.3. The summed E-state index contributed by atoms with van der Waals surface area (Å²) in [5.74, 6) is 0. The number of hydrogen-bond donors (Lipinski definition) is 1. The molecule has 0 bridgehead atoms. The van der Waals surface area contributed by atoms with Gasteiger partial charge in [-0.3, -0.25) is 5.32 Å². The molecule has 2 rings (SSSR count). The molecule has 1 aromatic heterocycles. The van der Waals surface area contributed by atoms with E-state index in [1.54, 1.807) is 39.0 Å². The molecule has 0 aliphatic rings. The lowest BCUT2D eigenvalue weighted by molar-refractivity contribution is 0.0636. The van der Waals surface area contributed by atoms with Crippen LogP contribution >= 0.6 is 11.3 Å². The van der Waals surface area contributed by atoms with Gasteiger partial charge in [0.2, 0.25) is 5.13 Å². The molecule has 0 radical (unpaired) electrons. The van der Waals surface area contributed by atoms with E-state index in [1.807, 2.05) is 6.07 Å². The van der Waals surface area contributed by atoms with Crippen LogP contribution in [0.25, 0.3) is 10.6 Å². The maximum atomic E-state index is 11.6. The maximum absolute atomic E-state index is 11.6. The predicted molar refractivity (Wildman–Crippen MR) is 79.9 cm³/mol. The van der Waals surface area contributed by atoms with Crippen molar-refractivity contribution in [2.45, 2.75) is 26.4 Å². The minimum Gasteiger partial charge on any atom is -0.444 e. The first kappa shape index (κ1) is 14.9. The number of amides is 1. The van der Waals surface area contributed by atoms with Gasteiger partial charge in [-0.15, -0.1) is 10.2 Å². The summed E-state index contributed by atoms with van der Waals surface area (Å²) in [6, 6.07) is 9.11. The second-order valence-corrected chi connectivity index (χ2v) is 6.21. The van der Waals surface area contributed by atoms with Crippen LogP contribution in [-0.2, 0) is 4.74 Å². The fourth-order valence-electron chi connectivity index (χ4n) is 1.50. The fourth-order valence-corrected chi connectivity index (χ4v) is 2.23. The first-order chi connectivity index (χ1) is 9.87. The van der Waals surface area contributed by atoms with Crippen molar-refractivity contribution in [3.8, 4) is 16.6 Å². The van der Waals surface area contributed by atoms with Crippen LogP contribution in [0.3, 0.4) is 0 Å². The van der Waals surface area contributed by atoms with Gasteiger partial charge < -0.3 is 4.74 Å².